The summed E-state index contributed by atoms with van der Waals surface area (Å²) in [5, 5.41) is 6.85. The van der Waals surface area contributed by atoms with Crippen LogP contribution in [-0.4, -0.2) is 29.1 Å². The Kier molecular flexibility index (Phi) is 8.04. The molecule has 10 aromatic rings. The summed E-state index contributed by atoms with van der Waals surface area (Å²) in [5.41, 5.74) is 12.4. The zero-order valence-corrected chi connectivity index (χ0v) is 32.0. The second kappa shape index (κ2) is 13.1. The Labute approximate surface area is 314 Å². The van der Waals surface area contributed by atoms with E-state index in [4.69, 9.17) is 19.9 Å². The first-order valence-corrected chi connectivity index (χ1v) is 20.4. The van der Waals surface area contributed by atoms with E-state index in [1.54, 1.807) is 0 Å². The van der Waals surface area contributed by atoms with Crippen LogP contribution in [0.1, 0.15) is 79.1 Å². The summed E-state index contributed by atoms with van der Waals surface area (Å²) >= 11 is 0. The van der Waals surface area contributed by atoms with E-state index in [1.165, 1.54) is 32.8 Å². The number of unbranched alkanes of at least 4 members (excludes halogenated alkanes) is 4. The van der Waals surface area contributed by atoms with Crippen LogP contribution in [0.15, 0.2) is 73.3 Å². The Morgan fingerprint density at radius 2 is 0.815 bits per heavy atom. The first kappa shape index (κ1) is 33.1. The van der Waals surface area contributed by atoms with Gasteiger partial charge in [0.05, 0.1) is 70.3 Å². The minimum Gasteiger partial charge on any atom is -0.244 e. The molecule has 270 valence electrons. The molecule has 0 aliphatic rings. The third-order valence-corrected chi connectivity index (χ3v) is 11.7. The predicted molar refractivity (Wildman–Crippen MR) is 222 cm³/mol. The van der Waals surface area contributed by atoms with Crippen molar-refractivity contribution in [3.8, 4) is 0 Å². The summed E-state index contributed by atoms with van der Waals surface area (Å²) in [5.74, 6) is 0. The van der Waals surface area contributed by atoms with Crippen LogP contribution in [0.25, 0.3) is 98.5 Å². The highest BCUT2D eigenvalue weighted by Crippen LogP contribution is 2.44. The molecular weight excluding hydrogens is 665 g/mol. The van der Waals surface area contributed by atoms with Crippen LogP contribution in [-0.2, 0) is 26.2 Å². The van der Waals surface area contributed by atoms with Gasteiger partial charge in [-0.05, 0) is 25.7 Å². The lowest BCUT2D eigenvalue weighted by Crippen LogP contribution is -2.32. The third kappa shape index (κ3) is 5.02. The number of nitrogens with zero attached hydrogens (tertiary/aromatic N) is 8. The van der Waals surface area contributed by atoms with Gasteiger partial charge in [-0.2, -0.15) is 0 Å². The van der Waals surface area contributed by atoms with E-state index in [-0.39, 0.29) is 0 Å². The second-order valence-electron chi connectivity index (χ2n) is 15.4. The third-order valence-electron chi connectivity index (χ3n) is 11.7. The van der Waals surface area contributed by atoms with Crippen molar-refractivity contribution < 1.29 is 9.13 Å². The van der Waals surface area contributed by atoms with E-state index in [0.29, 0.717) is 0 Å². The fourth-order valence-corrected chi connectivity index (χ4v) is 8.88. The standard InChI is InChI=1S/C46H48N8/c1-5-9-19-51-27-52(20-10-6-2)38-24-34-33(23-37(38)51)47-43-29-15-13-17-31-41(29)42-30(44(43)48-34)16-14-18-32(42)46-45(31)49-35-25-39-40(26-36(35)50-46)54(22-12-8-4)28-53(39)21-11-7-3/h13-18,23-28H,5-12,19-22H2,1-4H3/q+2. The van der Waals surface area contributed by atoms with Crippen molar-refractivity contribution in [3.63, 3.8) is 0 Å². The summed E-state index contributed by atoms with van der Waals surface area (Å²) in [6, 6.07) is 22.3. The Morgan fingerprint density at radius 1 is 0.463 bits per heavy atom. The van der Waals surface area contributed by atoms with Gasteiger partial charge < -0.3 is 0 Å². The molecular formula is C46H48N8+2. The van der Waals surface area contributed by atoms with Gasteiger partial charge in [-0.15, -0.1) is 0 Å². The van der Waals surface area contributed by atoms with Gasteiger partial charge in [-0.1, -0.05) is 89.8 Å². The van der Waals surface area contributed by atoms with Gasteiger partial charge in [0.25, 0.3) is 0 Å². The molecule has 0 amide bonds. The van der Waals surface area contributed by atoms with Crippen LogP contribution in [0.4, 0.5) is 0 Å². The molecule has 0 spiro atoms. The number of hydrogen-bond donors (Lipinski definition) is 0. The molecule has 6 aromatic carbocycles. The van der Waals surface area contributed by atoms with Crippen molar-refractivity contribution in [2.24, 2.45) is 0 Å². The quantitative estimate of drug-likeness (QED) is 0.0718. The molecule has 0 bridgehead atoms. The number of rotatable bonds is 12. The van der Waals surface area contributed by atoms with Gasteiger partial charge in [0, 0.05) is 56.6 Å². The molecule has 54 heavy (non-hydrogen) atoms. The Bertz CT molecular complexity index is 2660. The van der Waals surface area contributed by atoms with Crippen molar-refractivity contribution in [2.45, 2.75) is 105 Å². The summed E-state index contributed by atoms with van der Waals surface area (Å²) in [4.78, 5) is 21.9. The molecule has 0 radical (unpaired) electrons. The van der Waals surface area contributed by atoms with Gasteiger partial charge in [0.15, 0.2) is 22.1 Å². The first-order chi connectivity index (χ1) is 26.6. The second-order valence-corrected chi connectivity index (χ2v) is 15.4. The van der Waals surface area contributed by atoms with Crippen molar-refractivity contribution >= 4 is 98.5 Å². The molecule has 4 heterocycles. The highest BCUT2D eigenvalue weighted by atomic mass is 15.1. The summed E-state index contributed by atoms with van der Waals surface area (Å²) in [6.45, 7) is 13.0. The summed E-state index contributed by atoms with van der Waals surface area (Å²) in [6.07, 6.45) is 13.9. The Morgan fingerprint density at radius 3 is 1.17 bits per heavy atom. The molecule has 0 aliphatic carbocycles. The number of aromatic nitrogens is 8. The predicted octanol–water partition coefficient (Wildman–Crippen LogP) is 10.5. The number of aryl methyl sites for hydroxylation is 4. The molecule has 0 saturated heterocycles. The maximum absolute atomic E-state index is 5.47. The molecule has 0 aliphatic heterocycles. The normalized spacial score (nSPS) is 12.6. The first-order valence-electron chi connectivity index (χ1n) is 20.4. The smallest absolute Gasteiger partial charge is 0.244 e. The SMILES string of the molecule is CCCCn1c[n+](CCCC)c2cc3nc4c5cccc6c7nc8cc9c(cc8nc7c7cccc(c4nc3cc21)c7c56)n(CCCC)c[n+]9CCCC. The molecule has 10 rings (SSSR count). The van der Waals surface area contributed by atoms with Crippen LogP contribution < -0.4 is 9.13 Å². The zero-order valence-electron chi connectivity index (χ0n) is 32.0. The molecule has 4 aromatic heterocycles. The van der Waals surface area contributed by atoms with E-state index >= 15 is 0 Å². The van der Waals surface area contributed by atoms with Crippen molar-refractivity contribution in [2.75, 3.05) is 0 Å². The van der Waals surface area contributed by atoms with Crippen LogP contribution in [0, 0.1) is 0 Å². The van der Waals surface area contributed by atoms with Crippen LogP contribution in [0.5, 0.6) is 0 Å². The van der Waals surface area contributed by atoms with Gasteiger partial charge in [0.1, 0.15) is 0 Å². The summed E-state index contributed by atoms with van der Waals surface area (Å²) < 4.78 is 9.67. The van der Waals surface area contributed by atoms with Crippen molar-refractivity contribution in [1.29, 1.82) is 0 Å². The Hall–Kier alpha value is -5.50. The fraction of sp³-hybridized carbons (Fsp3) is 0.348. The zero-order chi connectivity index (χ0) is 36.5. The lowest BCUT2D eigenvalue weighted by atomic mass is 9.91. The van der Waals surface area contributed by atoms with E-state index in [9.17, 15) is 0 Å². The molecule has 8 nitrogen and oxygen atoms in total. The number of benzene rings is 6. The van der Waals surface area contributed by atoms with E-state index < -0.39 is 0 Å². The highest BCUT2D eigenvalue weighted by molar-refractivity contribution is 6.38. The molecule has 0 atom stereocenters. The minimum atomic E-state index is 0.935. The van der Waals surface area contributed by atoms with Crippen molar-refractivity contribution in [3.05, 3.63) is 73.3 Å². The molecule has 0 unspecified atom stereocenters. The molecule has 0 fully saturated rings. The van der Waals surface area contributed by atoms with Gasteiger partial charge >= 0.3 is 0 Å². The van der Waals surface area contributed by atoms with Gasteiger partial charge in [-0.3, -0.25) is 0 Å². The van der Waals surface area contributed by atoms with Gasteiger partial charge in [-0.25, -0.2) is 38.2 Å². The van der Waals surface area contributed by atoms with E-state index in [0.717, 1.165) is 143 Å². The number of hydrogen-bond acceptors (Lipinski definition) is 4. The fourth-order valence-electron chi connectivity index (χ4n) is 8.88. The topological polar surface area (TPSA) is 69.2 Å². The highest BCUT2D eigenvalue weighted by Gasteiger charge is 2.24. The number of fused-ring (bicyclic) bond motifs is 10. The molecule has 0 N–H and O–H groups in total. The Balaban J connectivity index is 1.26. The largest absolute Gasteiger partial charge is 0.244 e. The molecule has 8 heteroatoms. The summed E-state index contributed by atoms with van der Waals surface area (Å²) in [7, 11) is 0. The minimum absolute atomic E-state index is 0.935. The lowest BCUT2D eigenvalue weighted by molar-refractivity contribution is -0.672. The van der Waals surface area contributed by atoms with Gasteiger partial charge in [0.2, 0.25) is 12.7 Å². The molecule has 0 saturated carbocycles. The van der Waals surface area contributed by atoms with Crippen molar-refractivity contribution in [1.82, 2.24) is 29.1 Å². The number of imidazole rings is 2. The van der Waals surface area contributed by atoms with E-state index in [1.807, 2.05) is 0 Å². The van der Waals surface area contributed by atoms with Crippen LogP contribution in [0.3, 0.4) is 0 Å². The lowest BCUT2D eigenvalue weighted by Gasteiger charge is -2.16. The average Bonchev–Trinajstić information content (AvgIpc) is 3.72. The van der Waals surface area contributed by atoms with Crippen LogP contribution >= 0.6 is 0 Å². The monoisotopic (exact) mass is 712 g/mol. The van der Waals surface area contributed by atoms with Crippen LogP contribution in [0.2, 0.25) is 0 Å². The maximum atomic E-state index is 5.47. The average molecular weight is 713 g/mol. The maximum Gasteiger partial charge on any atom is 0.244 e. The van der Waals surface area contributed by atoms with E-state index in [2.05, 4.69) is 119 Å².